The summed E-state index contributed by atoms with van der Waals surface area (Å²) in [5.74, 6) is 0. The molecule has 5 rings (SSSR count). The van der Waals surface area contributed by atoms with E-state index in [0.29, 0.717) is 0 Å². The van der Waals surface area contributed by atoms with Crippen LogP contribution in [0.5, 0.6) is 0 Å². The van der Waals surface area contributed by atoms with Crippen molar-refractivity contribution >= 4 is 28.0 Å². The van der Waals surface area contributed by atoms with E-state index in [2.05, 4.69) is 86.8 Å². The molecule has 30 heavy (non-hydrogen) atoms. The summed E-state index contributed by atoms with van der Waals surface area (Å²) in [7, 11) is 2.38. The van der Waals surface area contributed by atoms with Crippen molar-refractivity contribution in [1.29, 1.82) is 0 Å². The summed E-state index contributed by atoms with van der Waals surface area (Å²) < 4.78 is 6.71. The standard InChI is InChI=1S/C28H30NO/c1-21-24(14-15-29(2)16-18-30-19-17-29)26-12-5-6-13-27(26)28(21)20-23-10-7-9-22-8-3-4-11-25(22)23/h3-13,20H,14-19H2,1-2H3/q+1. The van der Waals surface area contributed by atoms with Crippen molar-refractivity contribution in [2.24, 2.45) is 0 Å². The number of ether oxygens (including phenoxy) is 1. The van der Waals surface area contributed by atoms with Crippen LogP contribution < -0.4 is 0 Å². The van der Waals surface area contributed by atoms with Gasteiger partial charge in [-0.05, 0) is 57.2 Å². The van der Waals surface area contributed by atoms with Crippen molar-refractivity contribution in [1.82, 2.24) is 0 Å². The fourth-order valence-corrected chi connectivity index (χ4v) is 4.98. The third-order valence-corrected chi connectivity index (χ3v) is 6.97. The van der Waals surface area contributed by atoms with Gasteiger partial charge in [0.25, 0.3) is 0 Å². The number of quaternary nitrogens is 1. The molecule has 2 heteroatoms. The minimum atomic E-state index is 0.886. The van der Waals surface area contributed by atoms with Crippen LogP contribution in [-0.4, -0.2) is 44.4 Å². The number of hydrogen-bond donors (Lipinski definition) is 0. The Labute approximate surface area is 179 Å². The summed E-state index contributed by atoms with van der Waals surface area (Å²) in [5, 5.41) is 2.61. The monoisotopic (exact) mass is 396 g/mol. The van der Waals surface area contributed by atoms with E-state index < -0.39 is 0 Å². The maximum Gasteiger partial charge on any atom is 0.102 e. The molecule has 1 aliphatic carbocycles. The average Bonchev–Trinajstić information content (AvgIpc) is 3.04. The molecule has 0 N–H and O–H groups in total. The number of likely N-dealkylation sites (N-methyl/N-ethyl adjacent to an activating group) is 1. The van der Waals surface area contributed by atoms with E-state index in [9.17, 15) is 0 Å². The SMILES string of the molecule is CC1=C(CC[N+]2(C)CCOCC2)c2ccccc2C1=Cc1cccc2ccccc12. The first-order valence-corrected chi connectivity index (χ1v) is 11.1. The maximum atomic E-state index is 5.60. The van der Waals surface area contributed by atoms with Gasteiger partial charge in [-0.25, -0.2) is 0 Å². The van der Waals surface area contributed by atoms with Crippen molar-refractivity contribution in [3.63, 3.8) is 0 Å². The smallest absolute Gasteiger partial charge is 0.102 e. The fourth-order valence-electron chi connectivity index (χ4n) is 4.98. The second kappa shape index (κ2) is 7.86. The van der Waals surface area contributed by atoms with Crippen molar-refractivity contribution in [2.75, 3.05) is 39.9 Å². The Morgan fingerprint density at radius 1 is 0.867 bits per heavy atom. The quantitative estimate of drug-likeness (QED) is 0.489. The molecule has 2 aliphatic rings. The van der Waals surface area contributed by atoms with E-state index in [4.69, 9.17) is 4.74 Å². The maximum absolute atomic E-state index is 5.60. The Kier molecular flexibility index (Phi) is 5.06. The van der Waals surface area contributed by atoms with Crippen molar-refractivity contribution in [2.45, 2.75) is 13.3 Å². The van der Waals surface area contributed by atoms with Crippen molar-refractivity contribution < 1.29 is 9.22 Å². The minimum absolute atomic E-state index is 0.886. The highest BCUT2D eigenvalue weighted by atomic mass is 16.5. The molecule has 0 radical (unpaired) electrons. The van der Waals surface area contributed by atoms with Crippen LogP contribution in [0.25, 0.3) is 28.0 Å². The average molecular weight is 397 g/mol. The van der Waals surface area contributed by atoms with Gasteiger partial charge in [-0.3, -0.25) is 0 Å². The van der Waals surface area contributed by atoms with Gasteiger partial charge in [-0.15, -0.1) is 0 Å². The van der Waals surface area contributed by atoms with Crippen LogP contribution in [0, 0.1) is 0 Å². The Balaban J connectivity index is 1.54. The van der Waals surface area contributed by atoms with Gasteiger partial charge in [0.2, 0.25) is 0 Å². The van der Waals surface area contributed by atoms with Gasteiger partial charge in [0.15, 0.2) is 0 Å². The van der Waals surface area contributed by atoms with Gasteiger partial charge < -0.3 is 9.22 Å². The Morgan fingerprint density at radius 2 is 1.57 bits per heavy atom. The predicted molar refractivity (Wildman–Crippen MR) is 127 cm³/mol. The summed E-state index contributed by atoms with van der Waals surface area (Å²) >= 11 is 0. The summed E-state index contributed by atoms with van der Waals surface area (Å²) in [6.07, 6.45) is 3.51. The normalized spacial score (nSPS) is 19.5. The topological polar surface area (TPSA) is 9.23 Å². The van der Waals surface area contributed by atoms with Gasteiger partial charge in [-0.1, -0.05) is 66.7 Å². The van der Waals surface area contributed by atoms with Gasteiger partial charge in [0.1, 0.15) is 13.1 Å². The molecule has 1 saturated heterocycles. The molecule has 0 amide bonds. The third kappa shape index (κ3) is 3.51. The highest BCUT2D eigenvalue weighted by Gasteiger charge is 2.29. The summed E-state index contributed by atoms with van der Waals surface area (Å²) in [5.41, 5.74) is 8.42. The molecule has 0 spiro atoms. The molecule has 2 nitrogen and oxygen atoms in total. The molecule has 3 aromatic carbocycles. The number of hydrogen-bond acceptors (Lipinski definition) is 1. The largest absolute Gasteiger partial charge is 0.370 e. The minimum Gasteiger partial charge on any atom is -0.370 e. The van der Waals surface area contributed by atoms with Crippen LogP contribution in [0.15, 0.2) is 72.3 Å². The Morgan fingerprint density at radius 3 is 2.40 bits per heavy atom. The van der Waals surface area contributed by atoms with Gasteiger partial charge in [0.05, 0.1) is 26.8 Å². The molecule has 0 bridgehead atoms. The molecule has 1 heterocycles. The highest BCUT2D eigenvalue weighted by Crippen LogP contribution is 2.44. The van der Waals surface area contributed by atoms with Crippen LogP contribution in [0.1, 0.15) is 30.0 Å². The first kappa shape index (κ1) is 19.3. The molecule has 0 aromatic heterocycles. The summed E-state index contributed by atoms with van der Waals surface area (Å²) in [6.45, 7) is 7.49. The zero-order valence-electron chi connectivity index (χ0n) is 18.0. The fraction of sp³-hybridized carbons (Fsp3) is 0.286. The first-order valence-electron chi connectivity index (χ1n) is 11.1. The first-order chi connectivity index (χ1) is 14.6. The van der Waals surface area contributed by atoms with Gasteiger partial charge in [-0.2, -0.15) is 0 Å². The van der Waals surface area contributed by atoms with Crippen molar-refractivity contribution in [3.8, 4) is 0 Å². The van der Waals surface area contributed by atoms with Gasteiger partial charge >= 0.3 is 0 Å². The number of benzene rings is 3. The van der Waals surface area contributed by atoms with E-state index in [0.717, 1.165) is 37.2 Å². The van der Waals surface area contributed by atoms with Crippen LogP contribution in [-0.2, 0) is 4.74 Å². The lowest BCUT2D eigenvalue weighted by Crippen LogP contribution is -2.52. The Bertz CT molecular complexity index is 1140. The molecule has 1 aliphatic heterocycles. The van der Waals surface area contributed by atoms with Crippen LogP contribution in [0.2, 0.25) is 0 Å². The van der Waals surface area contributed by atoms with E-state index in [-0.39, 0.29) is 0 Å². The van der Waals surface area contributed by atoms with Gasteiger partial charge in [0, 0.05) is 6.42 Å². The van der Waals surface area contributed by atoms with E-state index in [1.54, 1.807) is 0 Å². The molecule has 0 saturated carbocycles. The van der Waals surface area contributed by atoms with Crippen LogP contribution >= 0.6 is 0 Å². The number of fused-ring (bicyclic) bond motifs is 2. The lowest BCUT2D eigenvalue weighted by Gasteiger charge is -2.37. The molecule has 0 unspecified atom stereocenters. The molecule has 1 fully saturated rings. The predicted octanol–water partition coefficient (Wildman–Crippen LogP) is 6.03. The second-order valence-corrected chi connectivity index (χ2v) is 8.93. The summed E-state index contributed by atoms with van der Waals surface area (Å²) in [6, 6.07) is 24.2. The summed E-state index contributed by atoms with van der Waals surface area (Å²) in [4.78, 5) is 0. The van der Waals surface area contributed by atoms with E-state index >= 15 is 0 Å². The zero-order valence-corrected chi connectivity index (χ0v) is 18.0. The Hall–Kier alpha value is -2.68. The van der Waals surface area contributed by atoms with E-state index in [1.807, 2.05) is 0 Å². The lowest BCUT2D eigenvalue weighted by molar-refractivity contribution is -0.916. The number of allylic oxidation sites excluding steroid dienone is 2. The molecular weight excluding hydrogens is 366 g/mol. The van der Waals surface area contributed by atoms with E-state index in [1.165, 1.54) is 50.7 Å². The lowest BCUT2D eigenvalue weighted by atomic mass is 9.97. The second-order valence-electron chi connectivity index (χ2n) is 8.93. The number of nitrogens with zero attached hydrogens (tertiary/aromatic N) is 1. The van der Waals surface area contributed by atoms with Crippen LogP contribution in [0.3, 0.4) is 0 Å². The third-order valence-electron chi connectivity index (χ3n) is 6.97. The molecule has 0 atom stereocenters. The number of morpholine rings is 1. The molecular formula is C28H30NO+. The zero-order chi connectivity index (χ0) is 20.6. The van der Waals surface area contributed by atoms with Crippen molar-refractivity contribution in [3.05, 3.63) is 89.0 Å². The van der Waals surface area contributed by atoms with Crippen LogP contribution in [0.4, 0.5) is 0 Å². The molecule has 152 valence electrons. The highest BCUT2D eigenvalue weighted by molar-refractivity contribution is 6.07. The molecule has 3 aromatic rings. The number of rotatable bonds is 4.